The van der Waals surface area contributed by atoms with Crippen molar-refractivity contribution in [2.45, 2.75) is 40.2 Å². The lowest BCUT2D eigenvalue weighted by Crippen LogP contribution is -2.28. The van der Waals surface area contributed by atoms with Gasteiger partial charge in [0.1, 0.15) is 0 Å². The second-order valence-electron chi connectivity index (χ2n) is 5.71. The van der Waals surface area contributed by atoms with Gasteiger partial charge in [0.15, 0.2) is 0 Å². The minimum Gasteiger partial charge on any atom is -0.394 e. The first-order chi connectivity index (χ1) is 7.92. The van der Waals surface area contributed by atoms with Crippen LogP contribution in [0.4, 0.5) is 0 Å². The van der Waals surface area contributed by atoms with Gasteiger partial charge >= 0.3 is 0 Å². The molecule has 0 aliphatic rings. The molecule has 0 bridgehead atoms. The molecule has 0 aromatic carbocycles. The molecule has 0 unspecified atom stereocenters. The monoisotopic (exact) mass is 240 g/mol. The standard InChI is InChI=1S/C12H24N4O/c1-10(8-17)16-7-11(14-15-16)5-6-13-9-12(2,3)4/h7,10,13,17H,5-6,8-9H2,1-4H3/t10-/m0/s1. The van der Waals surface area contributed by atoms with Crippen LogP contribution < -0.4 is 5.32 Å². The summed E-state index contributed by atoms with van der Waals surface area (Å²) in [5, 5.41) is 20.5. The normalized spacial score (nSPS) is 13.9. The molecule has 0 aliphatic heterocycles. The van der Waals surface area contributed by atoms with Gasteiger partial charge in [-0.3, -0.25) is 0 Å². The van der Waals surface area contributed by atoms with Crippen LogP contribution in [0.25, 0.3) is 0 Å². The maximum absolute atomic E-state index is 9.00. The van der Waals surface area contributed by atoms with E-state index in [-0.39, 0.29) is 12.6 Å². The van der Waals surface area contributed by atoms with Crippen LogP contribution >= 0.6 is 0 Å². The largest absolute Gasteiger partial charge is 0.394 e. The highest BCUT2D eigenvalue weighted by Crippen LogP contribution is 2.10. The third-order valence-corrected chi connectivity index (χ3v) is 2.49. The third kappa shape index (κ3) is 5.28. The van der Waals surface area contributed by atoms with Gasteiger partial charge in [0.2, 0.25) is 0 Å². The van der Waals surface area contributed by atoms with Crippen LogP contribution in [0.5, 0.6) is 0 Å². The van der Waals surface area contributed by atoms with E-state index >= 15 is 0 Å². The number of hydrogen-bond donors (Lipinski definition) is 2. The van der Waals surface area contributed by atoms with Gasteiger partial charge in [0.05, 0.1) is 18.3 Å². The number of nitrogens with zero attached hydrogens (tertiary/aromatic N) is 3. The summed E-state index contributed by atoms with van der Waals surface area (Å²) >= 11 is 0. The summed E-state index contributed by atoms with van der Waals surface area (Å²) in [7, 11) is 0. The molecule has 1 aromatic rings. The minimum absolute atomic E-state index is 0.00113. The Bertz CT molecular complexity index is 329. The van der Waals surface area contributed by atoms with E-state index in [1.807, 2.05) is 13.1 Å². The van der Waals surface area contributed by atoms with Gasteiger partial charge in [-0.25, -0.2) is 4.68 Å². The smallest absolute Gasteiger partial charge is 0.0839 e. The van der Waals surface area contributed by atoms with Crippen LogP contribution in [0.2, 0.25) is 0 Å². The van der Waals surface area contributed by atoms with E-state index in [2.05, 4.69) is 36.4 Å². The van der Waals surface area contributed by atoms with Crippen molar-refractivity contribution in [2.24, 2.45) is 5.41 Å². The van der Waals surface area contributed by atoms with E-state index in [4.69, 9.17) is 5.11 Å². The SMILES string of the molecule is C[C@@H](CO)n1cc(CCNCC(C)(C)C)nn1. The molecule has 0 fully saturated rings. The molecule has 0 saturated carbocycles. The molecule has 5 nitrogen and oxygen atoms in total. The highest BCUT2D eigenvalue weighted by Gasteiger charge is 2.09. The Hall–Kier alpha value is -0.940. The summed E-state index contributed by atoms with van der Waals surface area (Å²) in [4.78, 5) is 0. The highest BCUT2D eigenvalue weighted by molar-refractivity contribution is 4.94. The molecule has 0 spiro atoms. The number of aliphatic hydroxyl groups is 1. The molecule has 1 rings (SSSR count). The van der Waals surface area contributed by atoms with Crippen LogP contribution in [0, 0.1) is 5.41 Å². The first kappa shape index (κ1) is 14.1. The van der Waals surface area contributed by atoms with Crippen molar-refractivity contribution in [3.8, 4) is 0 Å². The van der Waals surface area contributed by atoms with E-state index in [0.29, 0.717) is 5.41 Å². The van der Waals surface area contributed by atoms with Crippen molar-refractivity contribution in [1.29, 1.82) is 0 Å². The Morgan fingerprint density at radius 3 is 2.76 bits per heavy atom. The second kappa shape index (κ2) is 6.12. The number of aromatic nitrogens is 3. The lowest BCUT2D eigenvalue weighted by atomic mass is 9.97. The zero-order valence-electron chi connectivity index (χ0n) is 11.3. The predicted molar refractivity (Wildman–Crippen MR) is 67.8 cm³/mol. The van der Waals surface area contributed by atoms with E-state index in [0.717, 1.165) is 25.2 Å². The van der Waals surface area contributed by atoms with Crippen LogP contribution in [0.15, 0.2) is 6.20 Å². The summed E-state index contributed by atoms with van der Waals surface area (Å²) in [5.74, 6) is 0. The fourth-order valence-electron chi connectivity index (χ4n) is 1.41. The van der Waals surface area contributed by atoms with Crippen LogP contribution in [0.1, 0.15) is 39.4 Å². The highest BCUT2D eigenvalue weighted by atomic mass is 16.3. The molecular formula is C12H24N4O. The quantitative estimate of drug-likeness (QED) is 0.728. The molecule has 17 heavy (non-hydrogen) atoms. The van der Waals surface area contributed by atoms with E-state index in [1.165, 1.54) is 0 Å². The molecule has 1 heterocycles. The molecule has 0 aliphatic carbocycles. The summed E-state index contributed by atoms with van der Waals surface area (Å²) in [5.41, 5.74) is 1.27. The average molecular weight is 240 g/mol. The van der Waals surface area contributed by atoms with Crippen molar-refractivity contribution < 1.29 is 5.11 Å². The van der Waals surface area contributed by atoms with Crippen molar-refractivity contribution in [2.75, 3.05) is 19.7 Å². The Balaban J connectivity index is 2.30. The van der Waals surface area contributed by atoms with Gasteiger partial charge in [0, 0.05) is 25.7 Å². The van der Waals surface area contributed by atoms with Crippen molar-refractivity contribution >= 4 is 0 Å². The lowest BCUT2D eigenvalue weighted by molar-refractivity contribution is 0.228. The van der Waals surface area contributed by atoms with Gasteiger partial charge in [-0.2, -0.15) is 0 Å². The third-order valence-electron chi connectivity index (χ3n) is 2.49. The summed E-state index contributed by atoms with van der Waals surface area (Å²) < 4.78 is 1.71. The minimum atomic E-state index is -0.00113. The van der Waals surface area contributed by atoms with Gasteiger partial charge in [-0.15, -0.1) is 5.10 Å². The molecule has 1 aromatic heterocycles. The van der Waals surface area contributed by atoms with Crippen LogP contribution in [-0.4, -0.2) is 39.8 Å². The van der Waals surface area contributed by atoms with Gasteiger partial charge in [-0.1, -0.05) is 26.0 Å². The number of nitrogens with one attached hydrogen (secondary N) is 1. The van der Waals surface area contributed by atoms with E-state index < -0.39 is 0 Å². The van der Waals surface area contributed by atoms with Crippen LogP contribution in [-0.2, 0) is 6.42 Å². The van der Waals surface area contributed by atoms with E-state index in [1.54, 1.807) is 4.68 Å². The Labute approximate surface area is 103 Å². The maximum Gasteiger partial charge on any atom is 0.0839 e. The summed E-state index contributed by atoms with van der Waals surface area (Å²) in [6, 6.07) is -0.00113. The fraction of sp³-hybridized carbons (Fsp3) is 0.833. The van der Waals surface area contributed by atoms with E-state index in [9.17, 15) is 0 Å². The van der Waals surface area contributed by atoms with Crippen molar-refractivity contribution in [3.63, 3.8) is 0 Å². The molecule has 0 saturated heterocycles. The summed E-state index contributed by atoms with van der Waals surface area (Å²) in [6.45, 7) is 10.5. The maximum atomic E-state index is 9.00. The zero-order valence-corrected chi connectivity index (χ0v) is 11.3. The number of hydrogen-bond acceptors (Lipinski definition) is 4. The van der Waals surface area contributed by atoms with Gasteiger partial charge in [-0.05, 0) is 12.3 Å². The molecule has 98 valence electrons. The molecular weight excluding hydrogens is 216 g/mol. The zero-order chi connectivity index (χ0) is 12.9. The number of rotatable bonds is 6. The predicted octanol–water partition coefficient (Wildman–Crippen LogP) is 1.01. The Kier molecular flexibility index (Phi) is 5.08. The van der Waals surface area contributed by atoms with Crippen molar-refractivity contribution in [3.05, 3.63) is 11.9 Å². The van der Waals surface area contributed by atoms with Crippen molar-refractivity contribution in [1.82, 2.24) is 20.3 Å². The Morgan fingerprint density at radius 1 is 1.47 bits per heavy atom. The second-order valence-corrected chi connectivity index (χ2v) is 5.71. The first-order valence-corrected chi connectivity index (χ1v) is 6.14. The molecule has 2 N–H and O–H groups in total. The molecule has 1 atom stereocenters. The molecule has 0 radical (unpaired) electrons. The van der Waals surface area contributed by atoms with Crippen LogP contribution in [0.3, 0.4) is 0 Å². The average Bonchev–Trinajstić information content (AvgIpc) is 2.70. The molecule has 0 amide bonds. The fourth-order valence-corrected chi connectivity index (χ4v) is 1.41. The molecule has 5 heteroatoms. The van der Waals surface area contributed by atoms with Gasteiger partial charge < -0.3 is 10.4 Å². The topological polar surface area (TPSA) is 63.0 Å². The number of aliphatic hydroxyl groups excluding tert-OH is 1. The Morgan fingerprint density at radius 2 is 2.18 bits per heavy atom. The lowest BCUT2D eigenvalue weighted by Gasteiger charge is -2.18. The summed E-state index contributed by atoms with van der Waals surface area (Å²) in [6.07, 6.45) is 2.77. The first-order valence-electron chi connectivity index (χ1n) is 6.14. The van der Waals surface area contributed by atoms with Gasteiger partial charge in [0.25, 0.3) is 0 Å².